The Bertz CT molecular complexity index is 408. The number of ether oxygens (including phenoxy) is 2. The zero-order valence-electron chi connectivity index (χ0n) is 12.2. The van der Waals surface area contributed by atoms with Crippen molar-refractivity contribution >= 4 is 0 Å². The lowest BCUT2D eigenvalue weighted by molar-refractivity contribution is 0.214. The molecule has 3 nitrogen and oxygen atoms in total. The fraction of sp³-hybridized carbons (Fsp3) is 0.600. The number of methoxy groups -OCH3 is 2. The summed E-state index contributed by atoms with van der Waals surface area (Å²) in [6.45, 7) is 8.33. The molecule has 0 aromatic heterocycles. The van der Waals surface area contributed by atoms with Gasteiger partial charge >= 0.3 is 0 Å². The highest BCUT2D eigenvalue weighted by molar-refractivity contribution is 5.50. The average Bonchev–Trinajstić information content (AvgIpc) is 2.36. The topological polar surface area (TPSA) is 38.7 Å². The van der Waals surface area contributed by atoms with Crippen molar-refractivity contribution < 1.29 is 14.6 Å². The molecule has 0 atom stereocenters. The molecule has 0 spiro atoms. The highest BCUT2D eigenvalue weighted by atomic mass is 16.5. The maximum atomic E-state index is 9.54. The third-order valence-electron chi connectivity index (χ3n) is 3.30. The van der Waals surface area contributed by atoms with Gasteiger partial charge in [-0.2, -0.15) is 0 Å². The second kappa shape index (κ2) is 5.61. The highest BCUT2D eigenvalue weighted by Crippen LogP contribution is 2.39. The summed E-state index contributed by atoms with van der Waals surface area (Å²) in [6, 6.07) is 3.99. The van der Waals surface area contributed by atoms with Crippen molar-refractivity contribution in [3.8, 4) is 11.5 Å². The van der Waals surface area contributed by atoms with Crippen molar-refractivity contribution in [2.24, 2.45) is 0 Å². The Balaban J connectivity index is 3.46. The first-order chi connectivity index (χ1) is 8.37. The van der Waals surface area contributed by atoms with Gasteiger partial charge in [0.05, 0.1) is 20.8 Å². The Labute approximate surface area is 110 Å². The summed E-state index contributed by atoms with van der Waals surface area (Å²) in [6.07, 6.45) is 0. The Kier molecular flexibility index (Phi) is 4.63. The van der Waals surface area contributed by atoms with E-state index in [1.807, 2.05) is 19.9 Å². The van der Waals surface area contributed by atoms with Crippen LogP contribution in [-0.2, 0) is 5.41 Å². The number of aliphatic hydroxyl groups is 1. The number of hydrogen-bond donors (Lipinski definition) is 1. The van der Waals surface area contributed by atoms with Crippen LogP contribution in [0.2, 0.25) is 0 Å². The van der Waals surface area contributed by atoms with Crippen LogP contribution < -0.4 is 9.47 Å². The van der Waals surface area contributed by atoms with Gasteiger partial charge in [0.2, 0.25) is 0 Å². The van der Waals surface area contributed by atoms with Crippen LogP contribution in [0.5, 0.6) is 11.5 Å². The van der Waals surface area contributed by atoms with Crippen molar-refractivity contribution in [2.75, 3.05) is 20.8 Å². The van der Waals surface area contributed by atoms with E-state index < -0.39 is 0 Å². The van der Waals surface area contributed by atoms with Crippen LogP contribution in [0.1, 0.15) is 44.7 Å². The molecule has 1 N–H and O–H groups in total. The smallest absolute Gasteiger partial charge is 0.126 e. The minimum absolute atomic E-state index is 0.0766. The van der Waals surface area contributed by atoms with Gasteiger partial charge in [-0.1, -0.05) is 27.7 Å². The molecule has 0 aliphatic carbocycles. The van der Waals surface area contributed by atoms with Crippen LogP contribution in [-0.4, -0.2) is 25.9 Å². The Hall–Kier alpha value is -1.22. The maximum absolute atomic E-state index is 9.54. The molecule has 0 unspecified atom stereocenters. The van der Waals surface area contributed by atoms with E-state index in [9.17, 15) is 5.11 Å². The fourth-order valence-electron chi connectivity index (χ4n) is 1.99. The predicted molar refractivity (Wildman–Crippen MR) is 73.7 cm³/mol. The van der Waals surface area contributed by atoms with E-state index in [1.54, 1.807) is 14.2 Å². The molecule has 0 radical (unpaired) electrons. The Morgan fingerprint density at radius 2 is 1.67 bits per heavy atom. The molecule has 1 aromatic rings. The number of aliphatic hydroxyl groups excluding tert-OH is 1. The molecule has 0 amide bonds. The summed E-state index contributed by atoms with van der Waals surface area (Å²) in [7, 11) is 3.30. The second-order valence-corrected chi connectivity index (χ2v) is 5.49. The lowest BCUT2D eigenvalue weighted by Gasteiger charge is -2.27. The number of benzene rings is 1. The summed E-state index contributed by atoms with van der Waals surface area (Å²) < 4.78 is 10.8. The van der Waals surface area contributed by atoms with Crippen LogP contribution in [0.4, 0.5) is 0 Å². The summed E-state index contributed by atoms with van der Waals surface area (Å²) in [5.41, 5.74) is 1.81. The van der Waals surface area contributed by atoms with Gasteiger partial charge in [0.25, 0.3) is 0 Å². The molecule has 102 valence electrons. The van der Waals surface area contributed by atoms with E-state index >= 15 is 0 Å². The number of rotatable bonds is 5. The molecule has 1 aromatic carbocycles. The van der Waals surface area contributed by atoms with E-state index in [1.165, 1.54) is 0 Å². The van der Waals surface area contributed by atoms with Crippen LogP contribution in [0, 0.1) is 0 Å². The highest BCUT2D eigenvalue weighted by Gasteiger charge is 2.26. The molecule has 0 heterocycles. The molecule has 0 aliphatic rings. The van der Waals surface area contributed by atoms with Crippen molar-refractivity contribution in [1.29, 1.82) is 0 Å². The molecule has 0 aliphatic heterocycles. The van der Waals surface area contributed by atoms with Crippen molar-refractivity contribution in [3.63, 3.8) is 0 Å². The van der Waals surface area contributed by atoms with E-state index in [-0.39, 0.29) is 12.0 Å². The summed E-state index contributed by atoms with van der Waals surface area (Å²) in [5, 5.41) is 9.54. The van der Waals surface area contributed by atoms with Gasteiger partial charge in [-0.05, 0) is 17.5 Å². The van der Waals surface area contributed by atoms with Gasteiger partial charge in [-0.15, -0.1) is 0 Å². The Morgan fingerprint density at radius 3 is 2.06 bits per heavy atom. The van der Waals surface area contributed by atoms with Gasteiger partial charge in [-0.3, -0.25) is 0 Å². The minimum atomic E-state index is -0.332. The molecule has 3 heteroatoms. The summed E-state index contributed by atoms with van der Waals surface area (Å²) in [4.78, 5) is 0. The molecular formula is C15H24O3. The zero-order valence-corrected chi connectivity index (χ0v) is 12.2. The SMILES string of the molecule is COc1cc(OC)c(C(C)(C)CO)cc1C(C)C. The van der Waals surface area contributed by atoms with Gasteiger partial charge < -0.3 is 14.6 Å². The first-order valence-corrected chi connectivity index (χ1v) is 6.24. The molecule has 0 saturated heterocycles. The second-order valence-electron chi connectivity index (χ2n) is 5.49. The van der Waals surface area contributed by atoms with Gasteiger partial charge in [-0.25, -0.2) is 0 Å². The standard InChI is InChI=1S/C15H24O3/c1-10(2)11-7-12(15(3,4)9-16)14(18-6)8-13(11)17-5/h7-8,10,16H,9H2,1-6H3. The Morgan fingerprint density at radius 1 is 1.11 bits per heavy atom. The van der Waals surface area contributed by atoms with Crippen LogP contribution >= 0.6 is 0 Å². The molecule has 0 saturated carbocycles. The van der Waals surface area contributed by atoms with Crippen LogP contribution in [0.25, 0.3) is 0 Å². The number of hydrogen-bond acceptors (Lipinski definition) is 3. The first-order valence-electron chi connectivity index (χ1n) is 6.24. The summed E-state index contributed by atoms with van der Waals surface area (Å²) in [5.74, 6) is 1.95. The minimum Gasteiger partial charge on any atom is -0.496 e. The van der Waals surface area contributed by atoms with Gasteiger partial charge in [0.1, 0.15) is 11.5 Å². The van der Waals surface area contributed by atoms with Crippen molar-refractivity contribution in [1.82, 2.24) is 0 Å². The largest absolute Gasteiger partial charge is 0.496 e. The lowest BCUT2D eigenvalue weighted by atomic mass is 9.82. The predicted octanol–water partition coefficient (Wildman–Crippen LogP) is 3.10. The van der Waals surface area contributed by atoms with Gasteiger partial charge in [0.15, 0.2) is 0 Å². The third-order valence-corrected chi connectivity index (χ3v) is 3.30. The van der Waals surface area contributed by atoms with E-state index in [0.29, 0.717) is 5.92 Å². The quantitative estimate of drug-likeness (QED) is 0.875. The van der Waals surface area contributed by atoms with Crippen LogP contribution in [0.3, 0.4) is 0 Å². The molecule has 0 fully saturated rings. The van der Waals surface area contributed by atoms with Crippen LogP contribution in [0.15, 0.2) is 12.1 Å². The van der Waals surface area contributed by atoms with Gasteiger partial charge in [0, 0.05) is 17.0 Å². The van der Waals surface area contributed by atoms with Crippen molar-refractivity contribution in [3.05, 3.63) is 23.3 Å². The molecule has 0 bridgehead atoms. The molecule has 1 rings (SSSR count). The maximum Gasteiger partial charge on any atom is 0.126 e. The molecular weight excluding hydrogens is 228 g/mol. The lowest BCUT2D eigenvalue weighted by Crippen LogP contribution is -2.23. The van der Waals surface area contributed by atoms with E-state index in [2.05, 4.69) is 19.9 Å². The normalized spacial score (nSPS) is 11.8. The first kappa shape index (κ1) is 14.8. The fourth-order valence-corrected chi connectivity index (χ4v) is 1.99. The molecule has 18 heavy (non-hydrogen) atoms. The zero-order chi connectivity index (χ0) is 13.9. The van der Waals surface area contributed by atoms with E-state index in [0.717, 1.165) is 22.6 Å². The monoisotopic (exact) mass is 252 g/mol. The average molecular weight is 252 g/mol. The van der Waals surface area contributed by atoms with E-state index in [4.69, 9.17) is 9.47 Å². The third kappa shape index (κ3) is 2.78. The van der Waals surface area contributed by atoms with Crippen molar-refractivity contribution in [2.45, 2.75) is 39.0 Å². The summed E-state index contributed by atoms with van der Waals surface area (Å²) >= 11 is 0.